The first-order valence-corrected chi connectivity index (χ1v) is 7.48. The van der Waals surface area contributed by atoms with E-state index in [0.717, 1.165) is 35.9 Å². The molecule has 1 aliphatic rings. The minimum Gasteiger partial charge on any atom is -0.329 e. The van der Waals surface area contributed by atoms with Gasteiger partial charge in [-0.2, -0.15) is 0 Å². The van der Waals surface area contributed by atoms with Crippen molar-refractivity contribution in [1.82, 2.24) is 14.3 Å². The Kier molecular flexibility index (Phi) is 4.80. The third-order valence-corrected chi connectivity index (χ3v) is 4.71. The Balaban J connectivity index is 0.00000147. The molecule has 0 aromatic carbocycles. The first kappa shape index (κ1) is 15.4. The molecule has 5 nitrogen and oxygen atoms in total. The molecule has 1 saturated heterocycles. The molecule has 2 N–H and O–H groups in total. The summed E-state index contributed by atoms with van der Waals surface area (Å²) in [5, 5.41) is 1.96. The maximum atomic E-state index is 12.1. The van der Waals surface area contributed by atoms with Crippen LogP contribution in [0.3, 0.4) is 0 Å². The van der Waals surface area contributed by atoms with Crippen LogP contribution in [0, 0.1) is 6.92 Å². The number of aromatic nitrogens is 2. The fourth-order valence-electron chi connectivity index (χ4n) is 2.76. The van der Waals surface area contributed by atoms with E-state index in [0.29, 0.717) is 12.6 Å². The fourth-order valence-corrected chi connectivity index (χ4v) is 3.65. The molecular weight excluding hydrogens is 296 g/mol. The maximum Gasteiger partial charge on any atom is 0.259 e. The molecule has 3 rings (SSSR count). The van der Waals surface area contributed by atoms with Crippen molar-refractivity contribution >= 4 is 28.7 Å². The molecule has 0 spiro atoms. The SMILES string of the molecule is Cc1csc2nc(CN3CCCC3CN)cc(=O)n12.Cl. The van der Waals surface area contributed by atoms with E-state index in [9.17, 15) is 4.79 Å². The van der Waals surface area contributed by atoms with Gasteiger partial charge in [-0.25, -0.2) is 4.98 Å². The van der Waals surface area contributed by atoms with E-state index in [1.54, 1.807) is 10.5 Å². The summed E-state index contributed by atoms with van der Waals surface area (Å²) in [4.78, 5) is 19.8. The van der Waals surface area contributed by atoms with Gasteiger partial charge in [0.05, 0.1) is 5.69 Å². The number of nitrogens with zero attached hydrogens (tertiary/aromatic N) is 3. The Bertz CT molecular complexity index is 653. The van der Waals surface area contributed by atoms with Gasteiger partial charge in [-0.3, -0.25) is 14.1 Å². The lowest BCUT2D eigenvalue weighted by Crippen LogP contribution is -2.35. The largest absolute Gasteiger partial charge is 0.329 e. The van der Waals surface area contributed by atoms with Gasteiger partial charge in [-0.05, 0) is 26.3 Å². The molecule has 2 aromatic rings. The van der Waals surface area contributed by atoms with Gasteiger partial charge < -0.3 is 5.73 Å². The minimum absolute atomic E-state index is 0. The number of hydrogen-bond donors (Lipinski definition) is 1. The summed E-state index contributed by atoms with van der Waals surface area (Å²) in [7, 11) is 0. The maximum absolute atomic E-state index is 12.1. The zero-order valence-corrected chi connectivity index (χ0v) is 13.0. The molecule has 0 bridgehead atoms. The van der Waals surface area contributed by atoms with Gasteiger partial charge in [-0.1, -0.05) is 0 Å². The molecule has 20 heavy (non-hydrogen) atoms. The van der Waals surface area contributed by atoms with Crippen molar-refractivity contribution in [3.05, 3.63) is 33.2 Å². The molecule has 110 valence electrons. The van der Waals surface area contributed by atoms with E-state index in [-0.39, 0.29) is 18.0 Å². The Hall–Kier alpha value is -0.950. The van der Waals surface area contributed by atoms with Crippen LogP contribution in [0.4, 0.5) is 0 Å². The normalized spacial score (nSPS) is 19.4. The second-order valence-corrected chi connectivity index (χ2v) is 5.92. The molecule has 7 heteroatoms. The van der Waals surface area contributed by atoms with E-state index in [1.165, 1.54) is 17.8 Å². The van der Waals surface area contributed by atoms with E-state index in [4.69, 9.17) is 5.73 Å². The molecule has 1 atom stereocenters. The van der Waals surface area contributed by atoms with Crippen molar-refractivity contribution in [2.75, 3.05) is 13.1 Å². The van der Waals surface area contributed by atoms with Crippen molar-refractivity contribution in [2.45, 2.75) is 32.4 Å². The number of aryl methyl sites for hydroxylation is 1. The van der Waals surface area contributed by atoms with E-state index in [2.05, 4.69) is 9.88 Å². The number of thiazole rings is 1. The highest BCUT2D eigenvalue weighted by atomic mass is 35.5. The van der Waals surface area contributed by atoms with Crippen LogP contribution in [0.15, 0.2) is 16.2 Å². The second-order valence-electron chi connectivity index (χ2n) is 5.08. The molecule has 0 saturated carbocycles. The standard InChI is InChI=1S/C13H18N4OS.ClH/c1-9-8-19-13-15-10(5-12(18)17(9)13)7-16-4-2-3-11(16)6-14;/h5,8,11H,2-4,6-7,14H2,1H3;1H. The van der Waals surface area contributed by atoms with Crippen LogP contribution in [-0.4, -0.2) is 33.4 Å². The summed E-state index contributed by atoms with van der Waals surface area (Å²) in [5.41, 5.74) is 7.59. The number of fused-ring (bicyclic) bond motifs is 1. The Labute approximate surface area is 127 Å². The first-order chi connectivity index (χ1) is 9.19. The molecule has 1 aliphatic heterocycles. The van der Waals surface area contributed by atoms with E-state index in [1.807, 2.05) is 12.3 Å². The highest BCUT2D eigenvalue weighted by Crippen LogP contribution is 2.19. The predicted octanol–water partition coefficient (Wildman–Crippen LogP) is 1.41. The van der Waals surface area contributed by atoms with Gasteiger partial charge in [-0.15, -0.1) is 23.7 Å². The van der Waals surface area contributed by atoms with Crippen LogP contribution in [-0.2, 0) is 6.54 Å². The Morgan fingerprint density at radius 3 is 3.10 bits per heavy atom. The van der Waals surface area contributed by atoms with Crippen LogP contribution in [0.2, 0.25) is 0 Å². The number of halogens is 1. The van der Waals surface area contributed by atoms with Crippen LogP contribution in [0.1, 0.15) is 24.2 Å². The van der Waals surface area contributed by atoms with E-state index < -0.39 is 0 Å². The summed E-state index contributed by atoms with van der Waals surface area (Å²) in [5.74, 6) is 0. The lowest BCUT2D eigenvalue weighted by molar-refractivity contribution is 0.247. The lowest BCUT2D eigenvalue weighted by atomic mass is 10.2. The number of nitrogens with two attached hydrogens (primary N) is 1. The van der Waals surface area contributed by atoms with Gasteiger partial charge in [0.15, 0.2) is 4.96 Å². The fraction of sp³-hybridized carbons (Fsp3) is 0.538. The summed E-state index contributed by atoms with van der Waals surface area (Å²) < 4.78 is 1.67. The van der Waals surface area contributed by atoms with Crippen molar-refractivity contribution in [1.29, 1.82) is 0 Å². The molecule has 2 aromatic heterocycles. The third-order valence-electron chi connectivity index (χ3n) is 3.76. The van der Waals surface area contributed by atoms with Crippen LogP contribution >= 0.6 is 23.7 Å². The zero-order valence-electron chi connectivity index (χ0n) is 11.4. The molecular formula is C13H19ClN4OS. The number of likely N-dealkylation sites (tertiary alicyclic amines) is 1. The van der Waals surface area contributed by atoms with Crippen LogP contribution in [0.25, 0.3) is 4.96 Å². The lowest BCUT2D eigenvalue weighted by Gasteiger charge is -2.22. The predicted molar refractivity (Wildman–Crippen MR) is 83.8 cm³/mol. The first-order valence-electron chi connectivity index (χ1n) is 6.60. The van der Waals surface area contributed by atoms with Crippen molar-refractivity contribution in [3.8, 4) is 0 Å². The summed E-state index contributed by atoms with van der Waals surface area (Å²) in [6.07, 6.45) is 2.33. The van der Waals surface area contributed by atoms with E-state index >= 15 is 0 Å². The van der Waals surface area contributed by atoms with Crippen molar-refractivity contribution < 1.29 is 0 Å². The van der Waals surface area contributed by atoms with Crippen molar-refractivity contribution in [3.63, 3.8) is 0 Å². The second kappa shape index (κ2) is 6.22. The summed E-state index contributed by atoms with van der Waals surface area (Å²) in [6.45, 7) is 4.38. The highest BCUT2D eigenvalue weighted by molar-refractivity contribution is 7.15. The number of rotatable bonds is 3. The Morgan fingerprint density at radius 2 is 2.35 bits per heavy atom. The molecule has 3 heterocycles. The van der Waals surface area contributed by atoms with Crippen LogP contribution < -0.4 is 11.3 Å². The van der Waals surface area contributed by atoms with Crippen LogP contribution in [0.5, 0.6) is 0 Å². The molecule has 0 amide bonds. The van der Waals surface area contributed by atoms with Gasteiger partial charge in [0, 0.05) is 36.3 Å². The molecule has 0 aliphatic carbocycles. The summed E-state index contributed by atoms with van der Waals surface area (Å²) in [6, 6.07) is 2.09. The molecule has 0 radical (unpaired) electrons. The topological polar surface area (TPSA) is 63.6 Å². The Morgan fingerprint density at radius 1 is 1.55 bits per heavy atom. The zero-order chi connectivity index (χ0) is 13.4. The van der Waals surface area contributed by atoms with Gasteiger partial charge in [0.1, 0.15) is 0 Å². The quantitative estimate of drug-likeness (QED) is 0.930. The third kappa shape index (κ3) is 2.74. The van der Waals surface area contributed by atoms with Gasteiger partial charge in [0.25, 0.3) is 5.56 Å². The van der Waals surface area contributed by atoms with Crippen molar-refractivity contribution in [2.24, 2.45) is 5.73 Å². The highest BCUT2D eigenvalue weighted by Gasteiger charge is 2.23. The average molecular weight is 315 g/mol. The summed E-state index contributed by atoms with van der Waals surface area (Å²) >= 11 is 1.52. The number of hydrogen-bond acceptors (Lipinski definition) is 5. The monoisotopic (exact) mass is 314 g/mol. The van der Waals surface area contributed by atoms with Gasteiger partial charge in [0.2, 0.25) is 0 Å². The minimum atomic E-state index is 0. The average Bonchev–Trinajstić information content (AvgIpc) is 2.96. The molecule has 1 fully saturated rings. The van der Waals surface area contributed by atoms with Gasteiger partial charge >= 0.3 is 0 Å². The molecule has 1 unspecified atom stereocenters. The smallest absolute Gasteiger partial charge is 0.259 e.